The van der Waals surface area contributed by atoms with Crippen LogP contribution in [0.15, 0.2) is 54.6 Å². The lowest BCUT2D eigenvalue weighted by Gasteiger charge is -2.19. The molecule has 2 nitrogen and oxygen atoms in total. The molecule has 3 aromatic rings. The Morgan fingerprint density at radius 1 is 0.913 bits per heavy atom. The standard InChI is InChI=1S/C19H16F2O2/c20-11-10-18(23-19(22)12-21)17-7-3-6-15-14-5-2-1-4-13(14)8-9-16(15)17/h1-9,18H,10-12H2. The van der Waals surface area contributed by atoms with Crippen LogP contribution < -0.4 is 0 Å². The molecule has 3 aromatic carbocycles. The van der Waals surface area contributed by atoms with Gasteiger partial charge in [0.25, 0.3) is 0 Å². The fourth-order valence-electron chi connectivity index (χ4n) is 2.91. The summed E-state index contributed by atoms with van der Waals surface area (Å²) in [6.07, 6.45) is -0.773. The number of benzene rings is 3. The molecule has 3 rings (SSSR count). The number of halogens is 2. The molecule has 1 atom stereocenters. The van der Waals surface area contributed by atoms with Crippen molar-refractivity contribution in [3.8, 4) is 0 Å². The van der Waals surface area contributed by atoms with E-state index >= 15 is 0 Å². The van der Waals surface area contributed by atoms with E-state index in [1.54, 1.807) is 6.07 Å². The van der Waals surface area contributed by atoms with Crippen molar-refractivity contribution in [2.24, 2.45) is 0 Å². The van der Waals surface area contributed by atoms with Crippen molar-refractivity contribution in [3.63, 3.8) is 0 Å². The zero-order chi connectivity index (χ0) is 16.2. The number of esters is 1. The number of fused-ring (bicyclic) bond motifs is 3. The average Bonchev–Trinajstić information content (AvgIpc) is 2.60. The molecule has 0 aliphatic heterocycles. The van der Waals surface area contributed by atoms with Crippen LogP contribution in [0, 0.1) is 0 Å². The van der Waals surface area contributed by atoms with E-state index in [-0.39, 0.29) is 6.42 Å². The van der Waals surface area contributed by atoms with Crippen molar-refractivity contribution in [3.05, 3.63) is 60.2 Å². The van der Waals surface area contributed by atoms with Gasteiger partial charge in [0, 0.05) is 12.0 Å². The van der Waals surface area contributed by atoms with Crippen molar-refractivity contribution in [2.75, 3.05) is 13.3 Å². The zero-order valence-corrected chi connectivity index (χ0v) is 12.5. The monoisotopic (exact) mass is 314 g/mol. The Hall–Kier alpha value is -2.49. The second-order valence-electron chi connectivity index (χ2n) is 5.32. The summed E-state index contributed by atoms with van der Waals surface area (Å²) >= 11 is 0. The van der Waals surface area contributed by atoms with Crippen LogP contribution in [0.3, 0.4) is 0 Å². The van der Waals surface area contributed by atoms with Crippen molar-refractivity contribution in [1.82, 2.24) is 0 Å². The number of carbonyl (C=O) groups is 1. The van der Waals surface area contributed by atoms with E-state index < -0.39 is 25.4 Å². The first-order valence-corrected chi connectivity index (χ1v) is 7.46. The molecule has 0 heterocycles. The number of hydrogen-bond donors (Lipinski definition) is 0. The van der Waals surface area contributed by atoms with Gasteiger partial charge in [-0.15, -0.1) is 0 Å². The molecule has 0 aromatic heterocycles. The number of hydrogen-bond acceptors (Lipinski definition) is 2. The highest BCUT2D eigenvalue weighted by Gasteiger charge is 2.19. The minimum absolute atomic E-state index is 0.0116. The molecule has 0 amide bonds. The topological polar surface area (TPSA) is 26.3 Å². The van der Waals surface area contributed by atoms with Gasteiger partial charge >= 0.3 is 5.97 Å². The first kappa shape index (κ1) is 15.4. The molecule has 0 bridgehead atoms. The van der Waals surface area contributed by atoms with Gasteiger partial charge in [0.1, 0.15) is 6.10 Å². The molecule has 23 heavy (non-hydrogen) atoms. The van der Waals surface area contributed by atoms with E-state index in [2.05, 4.69) is 0 Å². The van der Waals surface area contributed by atoms with Crippen LogP contribution in [-0.4, -0.2) is 19.3 Å². The summed E-state index contributed by atoms with van der Waals surface area (Å²) < 4.78 is 30.4. The lowest BCUT2D eigenvalue weighted by molar-refractivity contribution is -0.150. The van der Waals surface area contributed by atoms with Crippen molar-refractivity contribution in [1.29, 1.82) is 0 Å². The maximum absolute atomic E-state index is 12.9. The number of ether oxygens (including phenoxy) is 1. The Morgan fingerprint density at radius 3 is 2.48 bits per heavy atom. The predicted molar refractivity (Wildman–Crippen MR) is 86.9 cm³/mol. The molecule has 4 heteroatoms. The lowest BCUT2D eigenvalue weighted by atomic mass is 9.95. The van der Waals surface area contributed by atoms with Gasteiger partial charge in [0.05, 0.1) is 6.67 Å². The maximum atomic E-state index is 12.9. The van der Waals surface area contributed by atoms with Crippen molar-refractivity contribution in [2.45, 2.75) is 12.5 Å². The molecule has 0 aliphatic rings. The largest absolute Gasteiger partial charge is 0.455 e. The average molecular weight is 314 g/mol. The Kier molecular flexibility index (Phi) is 4.51. The summed E-state index contributed by atoms with van der Waals surface area (Å²) in [5.74, 6) is -0.971. The van der Waals surface area contributed by atoms with Crippen LogP contribution in [0.4, 0.5) is 8.78 Å². The molecule has 118 valence electrons. The molecule has 0 N–H and O–H groups in total. The maximum Gasteiger partial charge on any atom is 0.338 e. The molecule has 0 saturated carbocycles. The van der Waals surface area contributed by atoms with Crippen LogP contribution in [0.2, 0.25) is 0 Å². The molecular weight excluding hydrogens is 298 g/mol. The number of alkyl halides is 2. The fraction of sp³-hybridized carbons (Fsp3) is 0.211. The first-order chi connectivity index (χ1) is 11.2. The highest BCUT2D eigenvalue weighted by atomic mass is 19.1. The van der Waals surface area contributed by atoms with Crippen LogP contribution in [0.1, 0.15) is 18.1 Å². The fourth-order valence-corrected chi connectivity index (χ4v) is 2.91. The smallest absolute Gasteiger partial charge is 0.338 e. The molecule has 0 spiro atoms. The third-order valence-electron chi connectivity index (χ3n) is 3.92. The van der Waals surface area contributed by atoms with E-state index in [1.807, 2.05) is 48.5 Å². The van der Waals surface area contributed by atoms with Crippen molar-refractivity contribution >= 4 is 27.5 Å². The van der Waals surface area contributed by atoms with Gasteiger partial charge in [0.2, 0.25) is 0 Å². The molecule has 0 aliphatic carbocycles. The second kappa shape index (κ2) is 6.73. The van der Waals surface area contributed by atoms with E-state index in [0.717, 1.165) is 21.5 Å². The Morgan fingerprint density at radius 2 is 1.70 bits per heavy atom. The van der Waals surface area contributed by atoms with Gasteiger partial charge in [-0.1, -0.05) is 54.6 Å². The molecule has 0 saturated heterocycles. The van der Waals surface area contributed by atoms with Crippen LogP contribution >= 0.6 is 0 Å². The number of rotatable bonds is 5. The van der Waals surface area contributed by atoms with E-state index in [9.17, 15) is 13.6 Å². The minimum atomic E-state index is -1.21. The van der Waals surface area contributed by atoms with Crippen LogP contribution in [-0.2, 0) is 9.53 Å². The van der Waals surface area contributed by atoms with Gasteiger partial charge in [-0.2, -0.15) is 0 Å². The Labute approximate surface area is 132 Å². The Balaban J connectivity index is 2.16. The zero-order valence-electron chi connectivity index (χ0n) is 12.5. The SMILES string of the molecule is O=C(CF)OC(CCF)c1cccc2c1ccc1ccccc12. The minimum Gasteiger partial charge on any atom is -0.455 e. The third-order valence-corrected chi connectivity index (χ3v) is 3.92. The molecule has 0 fully saturated rings. The molecular formula is C19H16F2O2. The third kappa shape index (κ3) is 3.02. The second-order valence-corrected chi connectivity index (χ2v) is 5.32. The van der Waals surface area contributed by atoms with Gasteiger partial charge in [-0.05, 0) is 21.5 Å². The van der Waals surface area contributed by atoms with Gasteiger partial charge in [-0.3, -0.25) is 4.39 Å². The Bertz CT molecular complexity index is 845. The van der Waals surface area contributed by atoms with Gasteiger partial charge in [-0.25, -0.2) is 9.18 Å². The predicted octanol–water partition coefficient (Wildman–Crippen LogP) is 4.91. The normalized spacial score (nSPS) is 12.4. The summed E-state index contributed by atoms with van der Waals surface area (Å²) in [4.78, 5) is 11.3. The lowest BCUT2D eigenvalue weighted by Crippen LogP contribution is -2.13. The first-order valence-electron chi connectivity index (χ1n) is 7.46. The molecule has 1 unspecified atom stereocenters. The van der Waals surface area contributed by atoms with E-state index in [4.69, 9.17) is 4.74 Å². The van der Waals surface area contributed by atoms with E-state index in [0.29, 0.717) is 5.56 Å². The van der Waals surface area contributed by atoms with Gasteiger partial charge < -0.3 is 4.74 Å². The van der Waals surface area contributed by atoms with Crippen LogP contribution in [0.25, 0.3) is 21.5 Å². The molecule has 0 radical (unpaired) electrons. The summed E-state index contributed by atoms with van der Waals surface area (Å²) in [7, 11) is 0. The summed E-state index contributed by atoms with van der Waals surface area (Å²) in [6, 6.07) is 17.5. The number of carbonyl (C=O) groups excluding carboxylic acids is 1. The summed E-state index contributed by atoms with van der Waals surface area (Å²) in [5, 5.41) is 4.06. The summed E-state index contributed by atoms with van der Waals surface area (Å²) in [5.41, 5.74) is 0.702. The highest BCUT2D eigenvalue weighted by molar-refractivity contribution is 6.08. The quantitative estimate of drug-likeness (QED) is 0.494. The summed E-state index contributed by atoms with van der Waals surface area (Å²) in [6.45, 7) is -1.86. The van der Waals surface area contributed by atoms with Crippen molar-refractivity contribution < 1.29 is 18.3 Å². The highest BCUT2D eigenvalue weighted by Crippen LogP contribution is 2.33. The van der Waals surface area contributed by atoms with E-state index in [1.165, 1.54) is 0 Å². The van der Waals surface area contributed by atoms with Gasteiger partial charge in [0.15, 0.2) is 6.67 Å². The van der Waals surface area contributed by atoms with Crippen LogP contribution in [0.5, 0.6) is 0 Å².